The van der Waals surface area contributed by atoms with Crippen LogP contribution in [0.5, 0.6) is 0 Å². The second-order valence-corrected chi connectivity index (χ2v) is 5.92. The topological polar surface area (TPSA) is 37.8 Å². The number of nitrogens with one attached hydrogen (secondary N) is 1. The quantitative estimate of drug-likeness (QED) is 0.880. The fraction of sp³-hybridized carbons (Fsp3) is 0.444. The molecule has 0 saturated heterocycles. The van der Waals surface area contributed by atoms with E-state index < -0.39 is 0 Å². The largest absolute Gasteiger partial charge is 0.309 e. The van der Waals surface area contributed by atoms with Crippen molar-refractivity contribution in [3.8, 4) is 0 Å². The summed E-state index contributed by atoms with van der Waals surface area (Å²) < 4.78 is 0. The van der Waals surface area contributed by atoms with Gasteiger partial charge in [0.15, 0.2) is 0 Å². The van der Waals surface area contributed by atoms with Gasteiger partial charge in [-0.3, -0.25) is 9.97 Å². The fourth-order valence-corrected chi connectivity index (χ4v) is 3.07. The van der Waals surface area contributed by atoms with Crippen LogP contribution in [0.4, 0.5) is 0 Å². The van der Waals surface area contributed by atoms with Crippen molar-refractivity contribution in [2.75, 3.05) is 6.54 Å². The van der Waals surface area contributed by atoms with Gasteiger partial charge in [0.05, 0.1) is 23.6 Å². The predicted octanol–water partition coefficient (Wildman–Crippen LogP) is 3.56. The van der Waals surface area contributed by atoms with Gasteiger partial charge >= 0.3 is 0 Å². The summed E-state index contributed by atoms with van der Waals surface area (Å²) in [5, 5.41) is 3.63. The molecule has 3 nitrogen and oxygen atoms in total. The number of fused-ring (bicyclic) bond motifs is 1. The van der Waals surface area contributed by atoms with Gasteiger partial charge in [-0.2, -0.15) is 0 Å². The molecular formula is C18H23N3. The molecule has 3 rings (SSSR count). The minimum Gasteiger partial charge on any atom is -0.309 e. The van der Waals surface area contributed by atoms with Crippen molar-refractivity contribution in [2.45, 2.75) is 45.1 Å². The average molecular weight is 281 g/mol. The lowest BCUT2D eigenvalue weighted by Crippen LogP contribution is -2.28. The van der Waals surface area contributed by atoms with Gasteiger partial charge in [-0.05, 0) is 49.8 Å². The second-order valence-electron chi connectivity index (χ2n) is 5.92. The normalized spacial score (nSPS) is 17.9. The molecule has 1 N–H and O–H groups in total. The highest BCUT2D eigenvalue weighted by atomic mass is 14.9. The Balaban J connectivity index is 1.73. The molecule has 0 aliphatic heterocycles. The van der Waals surface area contributed by atoms with Gasteiger partial charge in [0.1, 0.15) is 0 Å². The third-order valence-electron chi connectivity index (χ3n) is 4.28. The Morgan fingerprint density at radius 2 is 2.10 bits per heavy atom. The Hall–Kier alpha value is -1.74. The van der Waals surface area contributed by atoms with E-state index >= 15 is 0 Å². The third-order valence-corrected chi connectivity index (χ3v) is 4.28. The van der Waals surface area contributed by atoms with Crippen molar-refractivity contribution in [3.05, 3.63) is 59.2 Å². The molecule has 2 aromatic rings. The summed E-state index contributed by atoms with van der Waals surface area (Å²) in [5.41, 5.74) is 5.06. The molecule has 110 valence electrons. The summed E-state index contributed by atoms with van der Waals surface area (Å²) in [7, 11) is 0. The van der Waals surface area contributed by atoms with Gasteiger partial charge < -0.3 is 5.32 Å². The van der Waals surface area contributed by atoms with Gasteiger partial charge in [0.25, 0.3) is 0 Å². The molecule has 1 aromatic heterocycles. The first-order chi connectivity index (χ1) is 10.3. The van der Waals surface area contributed by atoms with E-state index in [1.807, 2.05) is 19.3 Å². The van der Waals surface area contributed by atoms with E-state index in [-0.39, 0.29) is 0 Å². The highest BCUT2D eigenvalue weighted by Crippen LogP contribution is 2.40. The first-order valence-corrected chi connectivity index (χ1v) is 7.87. The number of aryl methyl sites for hydroxylation is 1. The standard InChI is InChI=1S/C18H23N3/c1-3-8-19-17(18-12-20-13(2)11-21-18)10-15-9-14-6-4-5-7-16(14)15/h4-7,11-12,15,17,19H,3,8-10H2,1-2H3. The van der Waals surface area contributed by atoms with Crippen LogP contribution in [0.2, 0.25) is 0 Å². The van der Waals surface area contributed by atoms with Crippen molar-refractivity contribution < 1.29 is 0 Å². The fourth-order valence-electron chi connectivity index (χ4n) is 3.07. The van der Waals surface area contributed by atoms with E-state index in [2.05, 4.69) is 46.5 Å². The van der Waals surface area contributed by atoms with Gasteiger partial charge in [-0.25, -0.2) is 0 Å². The maximum atomic E-state index is 4.57. The first kappa shape index (κ1) is 14.2. The van der Waals surface area contributed by atoms with Crippen molar-refractivity contribution in [1.82, 2.24) is 15.3 Å². The Kier molecular flexibility index (Phi) is 4.30. The van der Waals surface area contributed by atoms with E-state index in [1.165, 1.54) is 17.5 Å². The molecule has 3 heteroatoms. The number of benzene rings is 1. The average Bonchev–Trinajstić information content (AvgIpc) is 2.49. The molecule has 0 amide bonds. The molecule has 0 spiro atoms. The minimum absolute atomic E-state index is 0.302. The molecule has 2 atom stereocenters. The highest BCUT2D eigenvalue weighted by Gasteiger charge is 2.28. The van der Waals surface area contributed by atoms with Crippen LogP contribution in [0, 0.1) is 6.92 Å². The molecule has 1 aliphatic rings. The maximum absolute atomic E-state index is 4.57. The van der Waals surface area contributed by atoms with Crippen LogP contribution in [0.15, 0.2) is 36.7 Å². The van der Waals surface area contributed by atoms with Gasteiger partial charge in [0, 0.05) is 6.20 Å². The van der Waals surface area contributed by atoms with Crippen LogP contribution in [0.1, 0.15) is 54.2 Å². The summed E-state index contributed by atoms with van der Waals surface area (Å²) in [4.78, 5) is 8.97. The van der Waals surface area contributed by atoms with E-state index in [0.717, 1.165) is 30.8 Å². The zero-order valence-corrected chi connectivity index (χ0v) is 12.8. The van der Waals surface area contributed by atoms with E-state index in [4.69, 9.17) is 0 Å². The van der Waals surface area contributed by atoms with Crippen molar-refractivity contribution in [3.63, 3.8) is 0 Å². The van der Waals surface area contributed by atoms with Gasteiger partial charge in [-0.15, -0.1) is 0 Å². The molecule has 2 unspecified atom stereocenters. The molecular weight excluding hydrogens is 258 g/mol. The maximum Gasteiger partial charge on any atom is 0.0756 e. The van der Waals surface area contributed by atoms with Gasteiger partial charge in [0.2, 0.25) is 0 Å². The molecule has 0 bridgehead atoms. The summed E-state index contributed by atoms with van der Waals surface area (Å²) in [6, 6.07) is 9.09. The number of nitrogens with zero attached hydrogens (tertiary/aromatic N) is 2. The van der Waals surface area contributed by atoms with E-state index in [0.29, 0.717) is 12.0 Å². The monoisotopic (exact) mass is 281 g/mol. The number of aromatic nitrogens is 2. The summed E-state index contributed by atoms with van der Waals surface area (Å²) in [6.45, 7) is 5.20. The molecule has 1 aliphatic carbocycles. The second kappa shape index (κ2) is 6.35. The summed E-state index contributed by atoms with van der Waals surface area (Å²) in [5.74, 6) is 0.652. The Labute approximate surface area is 126 Å². The van der Waals surface area contributed by atoms with Crippen LogP contribution in [-0.4, -0.2) is 16.5 Å². The SMILES string of the molecule is CCCNC(CC1Cc2ccccc21)c1cnc(C)cn1. The Bertz CT molecular complexity index is 592. The number of rotatable bonds is 6. The van der Waals surface area contributed by atoms with Crippen LogP contribution in [0.25, 0.3) is 0 Å². The predicted molar refractivity (Wildman–Crippen MR) is 85.3 cm³/mol. The zero-order chi connectivity index (χ0) is 14.7. The first-order valence-electron chi connectivity index (χ1n) is 7.87. The lowest BCUT2D eigenvalue weighted by Gasteiger charge is -2.33. The minimum atomic E-state index is 0.302. The van der Waals surface area contributed by atoms with Crippen LogP contribution < -0.4 is 5.32 Å². The Morgan fingerprint density at radius 1 is 1.24 bits per heavy atom. The van der Waals surface area contributed by atoms with E-state index in [9.17, 15) is 0 Å². The molecule has 0 saturated carbocycles. The van der Waals surface area contributed by atoms with Crippen molar-refractivity contribution >= 4 is 0 Å². The smallest absolute Gasteiger partial charge is 0.0756 e. The molecule has 1 aromatic carbocycles. The summed E-state index contributed by atoms with van der Waals surface area (Å²) in [6.07, 6.45) is 7.23. The molecule has 1 heterocycles. The molecule has 0 fully saturated rings. The number of hydrogen-bond donors (Lipinski definition) is 1. The molecule has 0 radical (unpaired) electrons. The van der Waals surface area contributed by atoms with Gasteiger partial charge in [-0.1, -0.05) is 31.2 Å². The van der Waals surface area contributed by atoms with Crippen molar-refractivity contribution in [2.24, 2.45) is 0 Å². The summed E-state index contributed by atoms with van der Waals surface area (Å²) >= 11 is 0. The van der Waals surface area contributed by atoms with Crippen LogP contribution in [0.3, 0.4) is 0 Å². The zero-order valence-electron chi connectivity index (χ0n) is 12.8. The third kappa shape index (κ3) is 3.13. The van der Waals surface area contributed by atoms with Crippen molar-refractivity contribution in [1.29, 1.82) is 0 Å². The lowest BCUT2D eigenvalue weighted by atomic mass is 9.74. The number of hydrogen-bond acceptors (Lipinski definition) is 3. The Morgan fingerprint density at radius 3 is 2.81 bits per heavy atom. The molecule has 21 heavy (non-hydrogen) atoms. The van der Waals surface area contributed by atoms with E-state index in [1.54, 1.807) is 0 Å². The highest BCUT2D eigenvalue weighted by molar-refractivity contribution is 5.40. The van der Waals surface area contributed by atoms with Crippen LogP contribution >= 0.6 is 0 Å². The van der Waals surface area contributed by atoms with Crippen LogP contribution in [-0.2, 0) is 6.42 Å². The lowest BCUT2D eigenvalue weighted by molar-refractivity contribution is 0.420.